The van der Waals surface area contributed by atoms with E-state index in [1.54, 1.807) is 6.26 Å². The smallest absolute Gasteiger partial charge is 0.167 e. The van der Waals surface area contributed by atoms with Gasteiger partial charge in [-0.05, 0) is 30.0 Å². The summed E-state index contributed by atoms with van der Waals surface area (Å²) in [6.07, 6.45) is -2.56. The van der Waals surface area contributed by atoms with Gasteiger partial charge in [-0.15, -0.1) is 11.8 Å². The number of rotatable bonds is 2. The third-order valence-electron chi connectivity index (χ3n) is 1.66. The Bertz CT molecular complexity index is 393. The van der Waals surface area contributed by atoms with Gasteiger partial charge in [0.05, 0.1) is 0 Å². The van der Waals surface area contributed by atoms with Gasteiger partial charge in [0.25, 0.3) is 0 Å². The molecule has 6 heteroatoms. The first-order chi connectivity index (χ1) is 7.31. The van der Waals surface area contributed by atoms with Crippen LogP contribution in [0.5, 0.6) is 0 Å². The minimum Gasteiger partial charge on any atom is -0.167 e. The highest BCUT2D eigenvalue weighted by atomic mass is 35.5. The van der Waals surface area contributed by atoms with E-state index in [-0.39, 0.29) is 11.0 Å². The van der Waals surface area contributed by atoms with E-state index in [4.69, 9.17) is 23.2 Å². The van der Waals surface area contributed by atoms with E-state index in [9.17, 15) is 13.2 Å². The van der Waals surface area contributed by atoms with Crippen LogP contribution in [0.3, 0.4) is 0 Å². The first-order valence-electron chi connectivity index (χ1n) is 4.12. The molecule has 0 spiro atoms. The molecule has 0 fully saturated rings. The lowest BCUT2D eigenvalue weighted by atomic mass is 10.2. The summed E-state index contributed by atoms with van der Waals surface area (Å²) in [4.78, 5) is 0.0805. The molecule has 1 aromatic carbocycles. The molecule has 0 aromatic heterocycles. The molecule has 88 valence electrons. The van der Waals surface area contributed by atoms with Gasteiger partial charge in [-0.2, -0.15) is 13.2 Å². The molecule has 0 saturated heterocycles. The first-order valence-corrected chi connectivity index (χ1v) is 6.10. The SMILES string of the molecule is CS/C(=C\C(F)(F)F)c1cc(Cl)cc(Cl)c1. The largest absolute Gasteiger partial charge is 0.410 e. The minimum atomic E-state index is -4.35. The number of allylic oxidation sites excluding steroid dienone is 1. The van der Waals surface area contributed by atoms with Crippen molar-refractivity contribution in [2.24, 2.45) is 0 Å². The number of alkyl halides is 3. The first kappa shape index (κ1) is 13.7. The van der Waals surface area contributed by atoms with Gasteiger partial charge in [0, 0.05) is 21.0 Å². The van der Waals surface area contributed by atoms with Gasteiger partial charge in [0.1, 0.15) is 0 Å². The van der Waals surface area contributed by atoms with E-state index >= 15 is 0 Å². The second-order valence-electron chi connectivity index (χ2n) is 2.91. The Kier molecular flexibility index (Phi) is 4.59. The van der Waals surface area contributed by atoms with Gasteiger partial charge in [-0.3, -0.25) is 0 Å². The fourth-order valence-corrected chi connectivity index (χ4v) is 2.24. The summed E-state index contributed by atoms with van der Waals surface area (Å²) in [5.74, 6) is 0. The summed E-state index contributed by atoms with van der Waals surface area (Å²) in [7, 11) is 0. The van der Waals surface area contributed by atoms with Crippen molar-refractivity contribution in [1.29, 1.82) is 0 Å². The second-order valence-corrected chi connectivity index (χ2v) is 4.63. The van der Waals surface area contributed by atoms with E-state index in [2.05, 4.69) is 0 Å². The van der Waals surface area contributed by atoms with Crippen LogP contribution in [0.2, 0.25) is 10.0 Å². The maximum absolute atomic E-state index is 12.2. The predicted molar refractivity (Wildman–Crippen MR) is 64.0 cm³/mol. The second kappa shape index (κ2) is 5.34. The third kappa shape index (κ3) is 4.28. The molecule has 0 unspecified atom stereocenters. The molecule has 0 amide bonds. The molecule has 1 rings (SSSR count). The normalized spacial score (nSPS) is 13.0. The lowest BCUT2D eigenvalue weighted by Gasteiger charge is -2.08. The van der Waals surface area contributed by atoms with E-state index in [1.165, 1.54) is 18.2 Å². The quantitative estimate of drug-likeness (QED) is 0.715. The van der Waals surface area contributed by atoms with E-state index < -0.39 is 6.18 Å². The van der Waals surface area contributed by atoms with Crippen molar-refractivity contribution in [2.45, 2.75) is 6.18 Å². The number of benzene rings is 1. The van der Waals surface area contributed by atoms with Crippen LogP contribution in [-0.2, 0) is 0 Å². The number of hydrogen-bond donors (Lipinski definition) is 0. The zero-order valence-electron chi connectivity index (χ0n) is 8.11. The molecule has 0 radical (unpaired) electrons. The zero-order valence-corrected chi connectivity index (χ0v) is 10.4. The summed E-state index contributed by atoms with van der Waals surface area (Å²) in [5, 5.41) is 0.620. The van der Waals surface area contributed by atoms with Crippen molar-refractivity contribution >= 4 is 39.9 Å². The molecule has 0 aliphatic carbocycles. The van der Waals surface area contributed by atoms with Gasteiger partial charge in [0.2, 0.25) is 0 Å². The Balaban J connectivity index is 3.19. The summed E-state index contributed by atoms with van der Waals surface area (Å²) in [5.41, 5.74) is 0.363. The van der Waals surface area contributed by atoms with Crippen LogP contribution in [0.25, 0.3) is 4.91 Å². The summed E-state index contributed by atoms with van der Waals surface area (Å²) >= 11 is 12.4. The monoisotopic (exact) mass is 286 g/mol. The lowest BCUT2D eigenvalue weighted by Crippen LogP contribution is -2.02. The summed E-state index contributed by atoms with van der Waals surface area (Å²) < 4.78 is 36.7. The van der Waals surface area contributed by atoms with Crippen LogP contribution in [0, 0.1) is 0 Å². The summed E-state index contributed by atoms with van der Waals surface area (Å²) in [6.45, 7) is 0. The Morgan fingerprint density at radius 2 is 1.69 bits per heavy atom. The Morgan fingerprint density at radius 1 is 1.19 bits per heavy atom. The van der Waals surface area contributed by atoms with Gasteiger partial charge in [-0.1, -0.05) is 23.2 Å². The van der Waals surface area contributed by atoms with Crippen molar-refractivity contribution in [3.8, 4) is 0 Å². The van der Waals surface area contributed by atoms with Crippen molar-refractivity contribution in [2.75, 3.05) is 6.26 Å². The van der Waals surface area contributed by atoms with Crippen molar-refractivity contribution < 1.29 is 13.2 Å². The Labute approximate surface area is 105 Å². The highest BCUT2D eigenvalue weighted by Gasteiger charge is 2.25. The van der Waals surface area contributed by atoms with Crippen LogP contribution in [-0.4, -0.2) is 12.4 Å². The van der Waals surface area contributed by atoms with E-state index in [0.717, 1.165) is 11.8 Å². The molecule has 0 aliphatic heterocycles. The Hall–Kier alpha value is -0.320. The van der Waals surface area contributed by atoms with Crippen LogP contribution in [0.15, 0.2) is 24.3 Å². The predicted octanol–water partition coefficient (Wildman–Crippen LogP) is 5.26. The highest BCUT2D eigenvalue weighted by Crippen LogP contribution is 2.33. The topological polar surface area (TPSA) is 0 Å². The lowest BCUT2D eigenvalue weighted by molar-refractivity contribution is -0.0791. The average molecular weight is 287 g/mol. The van der Waals surface area contributed by atoms with Crippen molar-refractivity contribution in [3.05, 3.63) is 39.9 Å². The van der Waals surface area contributed by atoms with Gasteiger partial charge in [0.15, 0.2) is 0 Å². The number of halogens is 5. The fourth-order valence-electron chi connectivity index (χ4n) is 1.10. The molecule has 0 nitrogen and oxygen atoms in total. The molecule has 0 bridgehead atoms. The van der Waals surface area contributed by atoms with Gasteiger partial charge in [-0.25, -0.2) is 0 Å². The fraction of sp³-hybridized carbons (Fsp3) is 0.200. The Morgan fingerprint density at radius 3 is 2.06 bits per heavy atom. The van der Waals surface area contributed by atoms with Gasteiger partial charge < -0.3 is 0 Å². The van der Waals surface area contributed by atoms with Crippen LogP contribution >= 0.6 is 35.0 Å². The van der Waals surface area contributed by atoms with Gasteiger partial charge >= 0.3 is 6.18 Å². The standard InChI is InChI=1S/C10H7Cl2F3S/c1-16-9(5-10(13,14)15)6-2-7(11)4-8(12)3-6/h2-5H,1H3/b9-5-. The average Bonchev–Trinajstić information content (AvgIpc) is 2.11. The maximum atomic E-state index is 12.2. The zero-order chi connectivity index (χ0) is 12.3. The van der Waals surface area contributed by atoms with Crippen molar-refractivity contribution in [1.82, 2.24) is 0 Å². The molecule has 16 heavy (non-hydrogen) atoms. The molecule has 0 heterocycles. The van der Waals surface area contributed by atoms with Crippen LogP contribution in [0.4, 0.5) is 13.2 Å². The number of hydrogen-bond acceptors (Lipinski definition) is 1. The number of thioether (sulfide) groups is 1. The molecule has 0 aliphatic rings. The van der Waals surface area contributed by atoms with Crippen LogP contribution < -0.4 is 0 Å². The maximum Gasteiger partial charge on any atom is 0.410 e. The highest BCUT2D eigenvalue weighted by molar-refractivity contribution is 8.07. The van der Waals surface area contributed by atoms with E-state index in [0.29, 0.717) is 15.6 Å². The molecular weight excluding hydrogens is 280 g/mol. The molecule has 0 atom stereocenters. The third-order valence-corrected chi connectivity index (χ3v) is 2.89. The molecular formula is C10H7Cl2F3S. The van der Waals surface area contributed by atoms with Crippen LogP contribution in [0.1, 0.15) is 5.56 Å². The molecule has 0 saturated carbocycles. The minimum absolute atomic E-state index is 0.0805. The van der Waals surface area contributed by atoms with Crippen molar-refractivity contribution in [3.63, 3.8) is 0 Å². The summed E-state index contributed by atoms with van der Waals surface area (Å²) in [6, 6.07) is 4.36. The molecule has 1 aromatic rings. The molecule has 0 N–H and O–H groups in total. The van der Waals surface area contributed by atoms with E-state index in [1.807, 2.05) is 0 Å².